The van der Waals surface area contributed by atoms with Gasteiger partial charge in [0.2, 0.25) is 0 Å². The first kappa shape index (κ1) is 17.8. The fourth-order valence-electron chi connectivity index (χ4n) is 1.58. The average Bonchev–Trinajstić information content (AvgIpc) is 2.52. The fraction of sp³-hybridized carbons (Fsp3) is 0.333. The van der Waals surface area contributed by atoms with E-state index in [9.17, 15) is 0 Å². The highest BCUT2D eigenvalue weighted by Gasteiger charge is 2.10. The van der Waals surface area contributed by atoms with Gasteiger partial charge >= 0.3 is 0 Å². The van der Waals surface area contributed by atoms with Crippen molar-refractivity contribution in [3.63, 3.8) is 0 Å². The summed E-state index contributed by atoms with van der Waals surface area (Å²) in [5.74, 6) is 1.79. The Bertz CT molecular complexity index is 573. The van der Waals surface area contributed by atoms with Gasteiger partial charge in [-0.25, -0.2) is 0 Å². The minimum absolute atomic E-state index is 0.415. The number of hydrogen-bond donors (Lipinski definition) is 2. The maximum atomic E-state index is 5.31. The molecule has 0 fully saturated rings. The zero-order valence-corrected chi connectivity index (χ0v) is 14.0. The van der Waals surface area contributed by atoms with Gasteiger partial charge in [0.15, 0.2) is 16.6 Å². The highest BCUT2D eigenvalue weighted by Crippen LogP contribution is 2.33. The van der Waals surface area contributed by atoms with E-state index in [1.807, 2.05) is 6.92 Å². The minimum atomic E-state index is 0.415. The third-order valence-electron chi connectivity index (χ3n) is 2.66. The molecule has 0 aromatic heterocycles. The van der Waals surface area contributed by atoms with Gasteiger partial charge in [0.1, 0.15) is 5.75 Å². The van der Waals surface area contributed by atoms with Gasteiger partial charge in [-0.1, -0.05) is 12.2 Å². The van der Waals surface area contributed by atoms with E-state index in [1.165, 1.54) is 0 Å². The minimum Gasteiger partial charge on any atom is -0.496 e. The van der Waals surface area contributed by atoms with E-state index in [0.29, 0.717) is 28.9 Å². The van der Waals surface area contributed by atoms with Crippen LogP contribution in [0.5, 0.6) is 17.2 Å². The molecule has 0 aliphatic carbocycles. The molecular weight excluding hydrogens is 302 g/mol. The molecular formula is C15H21N3O3S. The second kappa shape index (κ2) is 8.89. The van der Waals surface area contributed by atoms with E-state index in [4.69, 9.17) is 26.4 Å². The molecule has 0 atom stereocenters. The normalized spacial score (nSPS) is 10.2. The summed E-state index contributed by atoms with van der Waals surface area (Å²) in [4.78, 5) is 0. The van der Waals surface area contributed by atoms with E-state index in [1.54, 1.807) is 39.7 Å². The molecule has 22 heavy (non-hydrogen) atoms. The Morgan fingerprint density at radius 3 is 2.32 bits per heavy atom. The third-order valence-corrected chi connectivity index (χ3v) is 2.89. The van der Waals surface area contributed by atoms with Gasteiger partial charge in [0.25, 0.3) is 0 Å². The smallest absolute Gasteiger partial charge is 0.187 e. The van der Waals surface area contributed by atoms with Crippen LogP contribution in [0.3, 0.4) is 0 Å². The molecule has 0 bridgehead atoms. The van der Waals surface area contributed by atoms with Crippen LogP contribution in [0.2, 0.25) is 0 Å². The predicted octanol–water partition coefficient (Wildman–Crippen LogP) is 2.09. The summed E-state index contributed by atoms with van der Waals surface area (Å²) >= 11 is 5.08. The number of nitrogens with zero attached hydrogens (tertiary/aromatic N) is 1. The Labute approximate surface area is 136 Å². The molecule has 0 aliphatic rings. The molecule has 7 heteroatoms. The van der Waals surface area contributed by atoms with Crippen molar-refractivity contribution in [3.05, 3.63) is 29.8 Å². The number of nitrogens with one attached hydrogen (secondary N) is 2. The average molecular weight is 323 g/mol. The maximum absolute atomic E-state index is 5.31. The monoisotopic (exact) mass is 323 g/mol. The van der Waals surface area contributed by atoms with Crippen LogP contribution in [-0.4, -0.2) is 39.2 Å². The zero-order chi connectivity index (χ0) is 16.5. The van der Waals surface area contributed by atoms with E-state index in [-0.39, 0.29) is 0 Å². The van der Waals surface area contributed by atoms with E-state index in [0.717, 1.165) is 11.1 Å². The summed E-state index contributed by atoms with van der Waals surface area (Å²) in [7, 11) is 4.71. The number of hydrazone groups is 1. The first-order chi connectivity index (χ1) is 10.5. The molecule has 0 aliphatic heterocycles. The molecule has 0 radical (unpaired) electrons. The molecule has 0 spiro atoms. The lowest BCUT2D eigenvalue weighted by atomic mass is 10.2. The highest BCUT2D eigenvalue weighted by molar-refractivity contribution is 7.80. The van der Waals surface area contributed by atoms with Crippen LogP contribution in [0.15, 0.2) is 29.4 Å². The summed E-state index contributed by atoms with van der Waals surface area (Å²) in [6, 6.07) is 3.51. The Balaban J connectivity index is 2.81. The van der Waals surface area contributed by atoms with Gasteiger partial charge in [0, 0.05) is 18.2 Å². The first-order valence-corrected chi connectivity index (χ1v) is 6.94. The lowest BCUT2D eigenvalue weighted by Gasteiger charge is -2.12. The Hall–Kier alpha value is -2.28. The second-order valence-corrected chi connectivity index (χ2v) is 4.87. The van der Waals surface area contributed by atoms with Crippen LogP contribution >= 0.6 is 12.2 Å². The van der Waals surface area contributed by atoms with Gasteiger partial charge in [-0.3, -0.25) is 5.43 Å². The topological polar surface area (TPSA) is 64.1 Å². The van der Waals surface area contributed by atoms with Gasteiger partial charge < -0.3 is 19.5 Å². The van der Waals surface area contributed by atoms with E-state index in [2.05, 4.69) is 22.4 Å². The standard InChI is InChI=1S/C15H21N3O3S/c1-10(2)8-16-15(22)18-17-9-11-6-13(20-4)14(21-5)7-12(11)19-3/h6-7,9H,1,8H2,2-5H3,(H2,16,18,22)/b17-9-. The van der Waals surface area contributed by atoms with Crippen molar-refractivity contribution in [1.29, 1.82) is 0 Å². The summed E-state index contributed by atoms with van der Waals surface area (Å²) in [5, 5.41) is 7.46. The molecule has 0 unspecified atom stereocenters. The van der Waals surface area contributed by atoms with Crippen molar-refractivity contribution >= 4 is 23.5 Å². The van der Waals surface area contributed by atoms with E-state index < -0.39 is 0 Å². The summed E-state index contributed by atoms with van der Waals surface area (Å²) in [6.07, 6.45) is 1.59. The number of thiocarbonyl (C=S) groups is 1. The van der Waals surface area contributed by atoms with Gasteiger partial charge in [0.05, 0.1) is 27.5 Å². The number of rotatable bonds is 7. The largest absolute Gasteiger partial charge is 0.496 e. The van der Waals surface area contributed by atoms with Crippen molar-refractivity contribution < 1.29 is 14.2 Å². The fourth-order valence-corrected chi connectivity index (χ4v) is 1.71. The summed E-state index contributed by atoms with van der Waals surface area (Å²) in [5.41, 5.74) is 4.44. The van der Waals surface area contributed by atoms with Crippen molar-refractivity contribution in [2.45, 2.75) is 6.92 Å². The molecule has 1 rings (SSSR count). The molecule has 1 aromatic rings. The van der Waals surface area contributed by atoms with Crippen molar-refractivity contribution in [1.82, 2.24) is 10.7 Å². The number of methoxy groups -OCH3 is 3. The van der Waals surface area contributed by atoms with Gasteiger partial charge in [-0.2, -0.15) is 5.10 Å². The van der Waals surface area contributed by atoms with Gasteiger partial charge in [-0.05, 0) is 25.2 Å². The molecule has 0 saturated carbocycles. The molecule has 0 heterocycles. The van der Waals surface area contributed by atoms with Crippen LogP contribution in [-0.2, 0) is 0 Å². The molecule has 120 valence electrons. The van der Waals surface area contributed by atoms with Crippen molar-refractivity contribution in [3.8, 4) is 17.2 Å². The van der Waals surface area contributed by atoms with Crippen LogP contribution < -0.4 is 25.0 Å². The van der Waals surface area contributed by atoms with Crippen LogP contribution in [0, 0.1) is 0 Å². The highest BCUT2D eigenvalue weighted by atomic mass is 32.1. The SMILES string of the molecule is C=C(C)CNC(=S)N/N=C\c1cc(OC)c(OC)cc1OC. The van der Waals surface area contributed by atoms with Crippen LogP contribution in [0.1, 0.15) is 12.5 Å². The Kier molecular flexibility index (Phi) is 7.18. The van der Waals surface area contributed by atoms with Gasteiger partial charge in [-0.15, -0.1) is 0 Å². The first-order valence-electron chi connectivity index (χ1n) is 6.53. The Morgan fingerprint density at radius 1 is 1.18 bits per heavy atom. The molecule has 0 amide bonds. The van der Waals surface area contributed by atoms with Crippen molar-refractivity contribution in [2.75, 3.05) is 27.9 Å². The lowest BCUT2D eigenvalue weighted by Crippen LogP contribution is -2.32. The molecule has 1 aromatic carbocycles. The zero-order valence-electron chi connectivity index (χ0n) is 13.2. The van der Waals surface area contributed by atoms with Crippen LogP contribution in [0.4, 0.5) is 0 Å². The number of benzene rings is 1. The quantitative estimate of drug-likeness (QED) is 0.347. The number of hydrogen-bond acceptors (Lipinski definition) is 5. The molecule has 6 nitrogen and oxygen atoms in total. The van der Waals surface area contributed by atoms with Crippen LogP contribution in [0.25, 0.3) is 0 Å². The second-order valence-electron chi connectivity index (χ2n) is 4.46. The summed E-state index contributed by atoms with van der Waals surface area (Å²) in [6.45, 7) is 6.29. The van der Waals surface area contributed by atoms with E-state index >= 15 is 0 Å². The predicted molar refractivity (Wildman–Crippen MR) is 92.2 cm³/mol. The Morgan fingerprint density at radius 2 is 1.77 bits per heavy atom. The maximum Gasteiger partial charge on any atom is 0.187 e. The third kappa shape index (κ3) is 5.25. The summed E-state index contributed by atoms with van der Waals surface area (Å²) < 4.78 is 15.8. The molecule has 2 N–H and O–H groups in total. The van der Waals surface area contributed by atoms with Crippen molar-refractivity contribution in [2.24, 2.45) is 5.10 Å². The lowest BCUT2D eigenvalue weighted by molar-refractivity contribution is 0.349. The molecule has 0 saturated heterocycles. The number of ether oxygens (including phenoxy) is 3.